The van der Waals surface area contributed by atoms with Crippen LogP contribution in [-0.2, 0) is 25.0 Å². The number of rotatable bonds is 6. The fourth-order valence-corrected chi connectivity index (χ4v) is 4.64. The maximum absolute atomic E-state index is 12.5. The minimum Gasteiger partial charge on any atom is -0.482 e. The second-order valence-corrected chi connectivity index (χ2v) is 9.46. The molecule has 7 nitrogen and oxygen atoms in total. The minimum atomic E-state index is -3.91. The van der Waals surface area contributed by atoms with Crippen molar-refractivity contribution in [3.63, 3.8) is 0 Å². The van der Waals surface area contributed by atoms with E-state index in [2.05, 4.69) is 0 Å². The lowest BCUT2D eigenvalue weighted by Crippen LogP contribution is -2.34. The predicted molar refractivity (Wildman–Crippen MR) is 106 cm³/mol. The first-order valence-corrected chi connectivity index (χ1v) is 10.6. The molecule has 2 aromatic rings. The van der Waals surface area contributed by atoms with Crippen LogP contribution in [0.5, 0.6) is 5.75 Å². The van der Waals surface area contributed by atoms with Crippen molar-refractivity contribution in [3.05, 3.63) is 59.7 Å². The van der Waals surface area contributed by atoms with Crippen LogP contribution in [0.3, 0.4) is 0 Å². The Bertz CT molecular complexity index is 1040. The average Bonchev–Trinajstić information content (AvgIpc) is 2.87. The first-order chi connectivity index (χ1) is 13.6. The molecule has 0 spiro atoms. The van der Waals surface area contributed by atoms with Crippen molar-refractivity contribution in [2.24, 2.45) is 0 Å². The first-order valence-electron chi connectivity index (χ1n) is 9.16. The number of amides is 1. The second-order valence-electron chi connectivity index (χ2n) is 7.63. The van der Waals surface area contributed by atoms with Crippen molar-refractivity contribution < 1.29 is 27.5 Å². The Labute approximate surface area is 170 Å². The van der Waals surface area contributed by atoms with Gasteiger partial charge in [0, 0.05) is 0 Å². The summed E-state index contributed by atoms with van der Waals surface area (Å²) in [5.74, 6) is -0.674. The fourth-order valence-electron chi connectivity index (χ4n) is 3.09. The van der Waals surface area contributed by atoms with Gasteiger partial charge in [0.25, 0.3) is 15.9 Å². The highest BCUT2D eigenvalue weighted by Crippen LogP contribution is 2.31. The van der Waals surface area contributed by atoms with Gasteiger partial charge in [0.1, 0.15) is 17.3 Å². The van der Waals surface area contributed by atoms with Crippen molar-refractivity contribution in [2.75, 3.05) is 19.8 Å². The van der Waals surface area contributed by atoms with E-state index in [1.165, 1.54) is 12.1 Å². The van der Waals surface area contributed by atoms with E-state index in [1.54, 1.807) is 18.2 Å². The molecule has 1 heterocycles. The lowest BCUT2D eigenvalue weighted by Gasteiger charge is -2.22. The zero-order valence-electron chi connectivity index (χ0n) is 16.5. The van der Waals surface area contributed by atoms with Crippen LogP contribution in [0.4, 0.5) is 0 Å². The summed E-state index contributed by atoms with van der Waals surface area (Å²) < 4.78 is 36.3. The zero-order valence-corrected chi connectivity index (χ0v) is 17.4. The monoisotopic (exact) mass is 417 g/mol. The van der Waals surface area contributed by atoms with E-state index in [1.807, 2.05) is 39.0 Å². The molecule has 8 heteroatoms. The summed E-state index contributed by atoms with van der Waals surface area (Å²) in [6, 6.07) is 13.4. The Morgan fingerprint density at radius 3 is 2.38 bits per heavy atom. The SMILES string of the molecule is CC(C)(C)c1ccccc1OCC(=O)OCCN1C(=O)c2ccccc2S1(=O)=O. The van der Waals surface area contributed by atoms with Gasteiger partial charge in [-0.25, -0.2) is 17.5 Å². The molecule has 0 radical (unpaired) electrons. The molecular weight excluding hydrogens is 394 g/mol. The molecule has 1 aliphatic rings. The number of carbonyl (C=O) groups is 2. The Kier molecular flexibility index (Phi) is 5.66. The van der Waals surface area contributed by atoms with E-state index in [0.717, 1.165) is 9.87 Å². The number of sulfonamides is 1. The van der Waals surface area contributed by atoms with Gasteiger partial charge in [0.2, 0.25) is 0 Å². The number of carbonyl (C=O) groups excluding carboxylic acids is 2. The number of benzene rings is 2. The minimum absolute atomic E-state index is 0.0292. The van der Waals surface area contributed by atoms with Gasteiger partial charge in [-0.1, -0.05) is 51.1 Å². The van der Waals surface area contributed by atoms with Crippen molar-refractivity contribution in [1.29, 1.82) is 0 Å². The first kappa shape index (κ1) is 20.9. The van der Waals surface area contributed by atoms with Gasteiger partial charge in [-0.15, -0.1) is 0 Å². The van der Waals surface area contributed by atoms with Gasteiger partial charge in [0.05, 0.1) is 12.1 Å². The molecule has 0 atom stereocenters. The molecule has 3 rings (SSSR count). The Morgan fingerprint density at radius 1 is 1.03 bits per heavy atom. The third kappa shape index (κ3) is 4.27. The summed E-state index contributed by atoms with van der Waals surface area (Å²) >= 11 is 0. The molecule has 0 aliphatic carbocycles. The van der Waals surface area contributed by atoms with Crippen molar-refractivity contribution in [2.45, 2.75) is 31.1 Å². The van der Waals surface area contributed by atoms with E-state index in [-0.39, 0.29) is 35.6 Å². The summed E-state index contributed by atoms with van der Waals surface area (Å²) in [6.45, 7) is 5.31. The van der Waals surface area contributed by atoms with Gasteiger partial charge in [-0.05, 0) is 29.2 Å². The molecule has 29 heavy (non-hydrogen) atoms. The topological polar surface area (TPSA) is 90.0 Å². The van der Waals surface area contributed by atoms with Crippen LogP contribution >= 0.6 is 0 Å². The van der Waals surface area contributed by atoms with Crippen LogP contribution in [0.1, 0.15) is 36.7 Å². The van der Waals surface area contributed by atoms with Crippen molar-refractivity contribution in [3.8, 4) is 5.75 Å². The van der Waals surface area contributed by atoms with Gasteiger partial charge < -0.3 is 9.47 Å². The standard InChI is InChI=1S/C21H23NO6S/c1-21(2,3)16-9-5-6-10-17(16)28-14-19(23)27-13-12-22-20(24)15-8-4-7-11-18(15)29(22,25)26/h4-11H,12-14H2,1-3H3. The number of ether oxygens (including phenoxy) is 2. The van der Waals surface area contributed by atoms with E-state index in [4.69, 9.17) is 9.47 Å². The Hall–Kier alpha value is -2.87. The molecule has 2 aromatic carbocycles. The smallest absolute Gasteiger partial charge is 0.344 e. The van der Waals surface area contributed by atoms with Crippen LogP contribution in [-0.4, -0.2) is 44.4 Å². The number of esters is 1. The number of nitrogens with zero attached hydrogens (tertiary/aromatic N) is 1. The quantitative estimate of drug-likeness (QED) is 0.672. The number of hydrogen-bond donors (Lipinski definition) is 0. The number of hydrogen-bond acceptors (Lipinski definition) is 6. The van der Waals surface area contributed by atoms with Crippen molar-refractivity contribution >= 4 is 21.9 Å². The second kappa shape index (κ2) is 7.87. The fraction of sp³-hybridized carbons (Fsp3) is 0.333. The maximum atomic E-state index is 12.5. The van der Waals surface area contributed by atoms with Gasteiger partial charge in [0.15, 0.2) is 6.61 Å². The molecule has 0 aromatic heterocycles. The Morgan fingerprint density at radius 2 is 1.69 bits per heavy atom. The molecule has 1 aliphatic heterocycles. The molecule has 1 amide bonds. The van der Waals surface area contributed by atoms with Crippen molar-refractivity contribution in [1.82, 2.24) is 4.31 Å². The molecule has 154 valence electrons. The lowest BCUT2D eigenvalue weighted by atomic mass is 9.86. The molecule has 0 unspecified atom stereocenters. The maximum Gasteiger partial charge on any atom is 0.344 e. The normalized spacial score (nSPS) is 15.1. The van der Waals surface area contributed by atoms with E-state index in [9.17, 15) is 18.0 Å². The average molecular weight is 417 g/mol. The van der Waals surface area contributed by atoms with Gasteiger partial charge in [-0.2, -0.15) is 0 Å². The van der Waals surface area contributed by atoms with E-state index >= 15 is 0 Å². The Balaban J connectivity index is 1.55. The van der Waals surface area contributed by atoms with Crippen LogP contribution in [0.2, 0.25) is 0 Å². The van der Waals surface area contributed by atoms with E-state index < -0.39 is 21.9 Å². The number of fused-ring (bicyclic) bond motifs is 1. The van der Waals surface area contributed by atoms with Crippen LogP contribution in [0.25, 0.3) is 0 Å². The van der Waals surface area contributed by atoms with E-state index in [0.29, 0.717) is 5.75 Å². The van der Waals surface area contributed by atoms with Crippen LogP contribution in [0, 0.1) is 0 Å². The highest BCUT2D eigenvalue weighted by Gasteiger charge is 2.40. The molecule has 0 N–H and O–H groups in total. The lowest BCUT2D eigenvalue weighted by molar-refractivity contribution is -0.146. The largest absolute Gasteiger partial charge is 0.482 e. The predicted octanol–water partition coefficient (Wildman–Crippen LogP) is 2.75. The summed E-state index contributed by atoms with van der Waals surface area (Å²) in [5, 5.41) is 0. The molecule has 0 fully saturated rings. The van der Waals surface area contributed by atoms with Gasteiger partial charge in [-0.3, -0.25) is 4.79 Å². The summed E-state index contributed by atoms with van der Waals surface area (Å²) in [4.78, 5) is 24.3. The summed E-state index contributed by atoms with van der Waals surface area (Å²) in [6.07, 6.45) is 0. The molecule has 0 saturated carbocycles. The van der Waals surface area contributed by atoms with Crippen LogP contribution in [0.15, 0.2) is 53.4 Å². The number of para-hydroxylation sites is 1. The third-order valence-corrected chi connectivity index (χ3v) is 6.35. The highest BCUT2D eigenvalue weighted by molar-refractivity contribution is 7.90. The molecule has 0 bridgehead atoms. The zero-order chi connectivity index (χ0) is 21.2. The van der Waals surface area contributed by atoms with Crippen LogP contribution < -0.4 is 4.74 Å². The molecular formula is C21H23NO6S. The third-order valence-electron chi connectivity index (χ3n) is 4.51. The molecule has 0 saturated heterocycles. The summed E-state index contributed by atoms with van der Waals surface area (Å²) in [7, 11) is -3.91. The summed E-state index contributed by atoms with van der Waals surface area (Å²) in [5.41, 5.74) is 0.931. The highest BCUT2D eigenvalue weighted by atomic mass is 32.2. The van der Waals surface area contributed by atoms with Gasteiger partial charge >= 0.3 is 5.97 Å².